The van der Waals surface area contributed by atoms with E-state index in [9.17, 15) is 9.59 Å². The summed E-state index contributed by atoms with van der Waals surface area (Å²) in [4.78, 5) is 29.1. The van der Waals surface area contributed by atoms with E-state index in [1.54, 1.807) is 9.47 Å². The Kier molecular flexibility index (Phi) is 7.50. The summed E-state index contributed by atoms with van der Waals surface area (Å²) in [6.07, 6.45) is 3.58. The zero-order chi connectivity index (χ0) is 28.0. The third kappa shape index (κ3) is 5.08. The van der Waals surface area contributed by atoms with Gasteiger partial charge in [0.25, 0.3) is 0 Å². The topological polar surface area (TPSA) is 94.3 Å². The second-order valence-electron chi connectivity index (χ2n) is 10.8. The van der Waals surface area contributed by atoms with Gasteiger partial charge in [-0.05, 0) is 56.1 Å². The quantitative estimate of drug-likeness (QED) is 0.333. The van der Waals surface area contributed by atoms with Crippen LogP contribution >= 0.6 is 27.5 Å². The molecule has 0 aliphatic carbocycles. The van der Waals surface area contributed by atoms with Gasteiger partial charge in [0.15, 0.2) is 0 Å². The largest absolute Gasteiger partial charge is 0.351 e. The third-order valence-corrected chi connectivity index (χ3v) is 9.14. The van der Waals surface area contributed by atoms with E-state index in [2.05, 4.69) is 37.6 Å². The highest BCUT2D eigenvalue weighted by molar-refractivity contribution is 9.10. The lowest BCUT2D eigenvalue weighted by molar-refractivity contribution is 0.181. The van der Waals surface area contributed by atoms with Gasteiger partial charge in [-0.3, -0.25) is 13.8 Å². The normalized spacial score (nSPS) is 16.5. The van der Waals surface area contributed by atoms with Crippen LogP contribution in [0.2, 0.25) is 5.02 Å². The van der Waals surface area contributed by atoms with E-state index in [-0.39, 0.29) is 11.7 Å². The first kappa shape index (κ1) is 27.1. The van der Waals surface area contributed by atoms with Crippen molar-refractivity contribution in [1.29, 1.82) is 0 Å². The molecule has 11 heteroatoms. The Morgan fingerprint density at radius 2 is 1.82 bits per heavy atom. The maximum Gasteiger partial charge on any atom is 0.329 e. The van der Waals surface area contributed by atoms with Crippen molar-refractivity contribution in [3.05, 3.63) is 73.7 Å². The van der Waals surface area contributed by atoms with Gasteiger partial charge in [-0.15, -0.1) is 0 Å². The molecular formula is C29H33BrClN7O2. The molecule has 0 bridgehead atoms. The first-order valence-corrected chi connectivity index (χ1v) is 14.9. The van der Waals surface area contributed by atoms with E-state index in [4.69, 9.17) is 22.4 Å². The van der Waals surface area contributed by atoms with Crippen molar-refractivity contribution >= 4 is 44.6 Å². The maximum absolute atomic E-state index is 13.0. The predicted octanol–water partition coefficient (Wildman–Crippen LogP) is 4.78. The number of aryl methyl sites for hydroxylation is 2. The van der Waals surface area contributed by atoms with Crippen molar-refractivity contribution in [1.82, 2.24) is 28.7 Å². The number of carbonyl (C=O) groups excluding carboxylic acids is 1. The summed E-state index contributed by atoms with van der Waals surface area (Å²) < 4.78 is 6.81. The Morgan fingerprint density at radius 1 is 1.07 bits per heavy atom. The molecule has 2 amide bonds. The zero-order valence-corrected chi connectivity index (χ0v) is 24.9. The highest BCUT2D eigenvalue weighted by Crippen LogP contribution is 2.32. The number of aromatic nitrogens is 4. The molecule has 210 valence electrons. The number of amides is 2. The minimum atomic E-state index is -0.391. The van der Waals surface area contributed by atoms with Crippen LogP contribution in [-0.4, -0.2) is 60.9 Å². The van der Waals surface area contributed by atoms with Gasteiger partial charge in [0, 0.05) is 72.0 Å². The Labute approximate surface area is 246 Å². The second-order valence-corrected chi connectivity index (χ2v) is 12.1. The number of carbonyl (C=O) groups is 1. The molecule has 4 heterocycles. The fraction of sp³-hybridized carbons (Fsp3) is 0.414. The molecule has 9 nitrogen and oxygen atoms in total. The average Bonchev–Trinajstić information content (AvgIpc) is 3.43. The van der Waals surface area contributed by atoms with Crippen LogP contribution in [0.5, 0.6) is 0 Å². The van der Waals surface area contributed by atoms with Gasteiger partial charge in [-0.25, -0.2) is 9.59 Å². The number of nitrogens with zero attached hydrogens (tertiary/aromatic N) is 6. The number of imidazole rings is 1. The molecule has 2 aliphatic heterocycles. The van der Waals surface area contributed by atoms with Crippen LogP contribution in [0.15, 0.2) is 51.7 Å². The van der Waals surface area contributed by atoms with Gasteiger partial charge < -0.3 is 15.5 Å². The van der Waals surface area contributed by atoms with Crippen molar-refractivity contribution in [2.75, 3.05) is 26.2 Å². The lowest BCUT2D eigenvalue weighted by Crippen LogP contribution is -2.40. The molecule has 0 saturated carbocycles. The van der Waals surface area contributed by atoms with Crippen LogP contribution in [0.4, 0.5) is 4.79 Å². The molecule has 40 heavy (non-hydrogen) atoms. The highest BCUT2D eigenvalue weighted by atomic mass is 79.9. The Bertz CT molecular complexity index is 1620. The lowest BCUT2D eigenvalue weighted by atomic mass is 10.0. The minimum Gasteiger partial charge on any atom is -0.351 e. The van der Waals surface area contributed by atoms with Gasteiger partial charge in [-0.2, -0.15) is 5.10 Å². The molecule has 0 atom stereocenters. The number of rotatable bonds is 6. The van der Waals surface area contributed by atoms with E-state index in [1.165, 1.54) is 5.69 Å². The van der Waals surface area contributed by atoms with Crippen molar-refractivity contribution in [2.45, 2.75) is 44.8 Å². The number of piperidine rings is 1. The summed E-state index contributed by atoms with van der Waals surface area (Å²) in [5, 5.41) is 5.67. The number of hydrogen-bond acceptors (Lipinski definition) is 4. The lowest BCUT2D eigenvalue weighted by Gasteiger charge is -2.32. The van der Waals surface area contributed by atoms with Crippen LogP contribution in [0.25, 0.3) is 22.3 Å². The summed E-state index contributed by atoms with van der Waals surface area (Å²) >= 11 is 9.78. The second kappa shape index (κ2) is 11.1. The number of urea groups is 1. The van der Waals surface area contributed by atoms with E-state index in [0.717, 1.165) is 84.2 Å². The summed E-state index contributed by atoms with van der Waals surface area (Å²) in [5.74, 6) is 0. The SMILES string of the molecule is Cn1c(=O)n(C2CCN(CCCn3nc(-c4ccc(Br)cc4)c4c3CCN(C(N)=O)C4)CC2)c2cc(Cl)ccc21. The highest BCUT2D eigenvalue weighted by Gasteiger charge is 2.28. The minimum absolute atomic E-state index is 0.0238. The molecule has 0 unspecified atom stereocenters. The van der Waals surface area contributed by atoms with Crippen molar-refractivity contribution in [3.63, 3.8) is 0 Å². The first-order chi connectivity index (χ1) is 19.3. The van der Waals surface area contributed by atoms with Crippen molar-refractivity contribution in [3.8, 4) is 11.3 Å². The molecule has 4 aromatic rings. The molecule has 2 aromatic carbocycles. The predicted molar refractivity (Wildman–Crippen MR) is 161 cm³/mol. The van der Waals surface area contributed by atoms with Crippen molar-refractivity contribution in [2.24, 2.45) is 12.8 Å². The smallest absolute Gasteiger partial charge is 0.329 e. The van der Waals surface area contributed by atoms with Crippen LogP contribution in [0, 0.1) is 0 Å². The van der Waals surface area contributed by atoms with Gasteiger partial charge in [0.2, 0.25) is 0 Å². The Balaban J connectivity index is 1.12. The standard InChI is InChI=1S/C29H33BrClN7O2/c1-34-25-8-7-21(31)17-26(25)38(29(34)40)22-9-14-35(15-10-22)12-2-13-37-24-11-16-36(28(32)39)18-23(24)27(33-37)19-3-5-20(30)6-4-19/h3-8,17,22H,2,9-16,18H2,1H3,(H2,32,39). The molecule has 2 N–H and O–H groups in total. The Hall–Kier alpha value is -3.08. The Morgan fingerprint density at radius 3 is 2.55 bits per heavy atom. The summed E-state index contributed by atoms with van der Waals surface area (Å²) in [6, 6.07) is 13.6. The van der Waals surface area contributed by atoms with E-state index >= 15 is 0 Å². The van der Waals surface area contributed by atoms with Crippen molar-refractivity contribution < 1.29 is 4.79 Å². The van der Waals surface area contributed by atoms with Crippen LogP contribution in [-0.2, 0) is 26.6 Å². The number of fused-ring (bicyclic) bond motifs is 2. The number of benzene rings is 2. The monoisotopic (exact) mass is 625 g/mol. The molecule has 0 spiro atoms. The van der Waals surface area contributed by atoms with Crippen LogP contribution in [0.1, 0.15) is 36.6 Å². The summed E-state index contributed by atoms with van der Waals surface area (Å²) in [6.45, 7) is 4.78. The van der Waals surface area contributed by atoms with Crippen LogP contribution < -0.4 is 11.4 Å². The molecule has 6 rings (SSSR count). The average molecular weight is 627 g/mol. The van der Waals surface area contributed by atoms with Gasteiger partial charge in [0.1, 0.15) is 0 Å². The number of likely N-dealkylation sites (tertiary alicyclic amines) is 1. The molecule has 1 saturated heterocycles. The number of hydrogen-bond donors (Lipinski definition) is 1. The molecule has 0 radical (unpaired) electrons. The number of halogens is 2. The molecule has 1 fully saturated rings. The maximum atomic E-state index is 13.0. The third-order valence-electron chi connectivity index (χ3n) is 8.38. The van der Waals surface area contributed by atoms with Gasteiger partial charge >= 0.3 is 11.7 Å². The summed E-state index contributed by atoms with van der Waals surface area (Å²) in [5.41, 5.74) is 11.7. The zero-order valence-electron chi connectivity index (χ0n) is 22.5. The molecule has 2 aromatic heterocycles. The molecular weight excluding hydrogens is 594 g/mol. The first-order valence-electron chi connectivity index (χ1n) is 13.8. The molecule has 2 aliphatic rings. The van der Waals surface area contributed by atoms with E-state index < -0.39 is 6.03 Å². The van der Waals surface area contributed by atoms with E-state index in [0.29, 0.717) is 18.1 Å². The van der Waals surface area contributed by atoms with Gasteiger partial charge in [0.05, 0.1) is 23.3 Å². The number of primary amides is 1. The van der Waals surface area contributed by atoms with Crippen LogP contribution in [0.3, 0.4) is 0 Å². The summed E-state index contributed by atoms with van der Waals surface area (Å²) in [7, 11) is 1.83. The van der Waals surface area contributed by atoms with E-state index in [1.807, 2.05) is 41.9 Å². The van der Waals surface area contributed by atoms with Gasteiger partial charge in [-0.1, -0.05) is 39.7 Å². The number of nitrogens with two attached hydrogens (primary N) is 1. The fourth-order valence-corrected chi connectivity index (χ4v) is 6.67. The fourth-order valence-electron chi connectivity index (χ4n) is 6.24.